The minimum atomic E-state index is -0.450. The minimum absolute atomic E-state index is 0.0968. The van der Waals surface area contributed by atoms with Crippen LogP contribution in [-0.4, -0.2) is 49.5 Å². The lowest BCUT2D eigenvalue weighted by Gasteiger charge is -2.13. The van der Waals surface area contributed by atoms with Crippen molar-refractivity contribution in [3.63, 3.8) is 0 Å². The topological polar surface area (TPSA) is 74.1 Å². The molecule has 1 aromatic carbocycles. The van der Waals surface area contributed by atoms with Crippen molar-refractivity contribution in [2.75, 3.05) is 27.9 Å². The van der Waals surface area contributed by atoms with Crippen LogP contribution in [0.4, 0.5) is 0 Å². The molecule has 0 unspecified atom stereocenters. The average molecular weight is 375 g/mol. The number of aromatic nitrogens is 2. The molecule has 8 heteroatoms. The van der Waals surface area contributed by atoms with Crippen LogP contribution >= 0.6 is 11.3 Å². The fourth-order valence-electron chi connectivity index (χ4n) is 2.57. The van der Waals surface area contributed by atoms with E-state index in [0.29, 0.717) is 6.54 Å². The molecule has 0 fully saturated rings. The fourth-order valence-corrected chi connectivity index (χ4v) is 3.44. The smallest absolute Gasteiger partial charge is 0.226 e. The van der Waals surface area contributed by atoms with Gasteiger partial charge in [-0.3, -0.25) is 9.20 Å². The van der Waals surface area contributed by atoms with Crippen LogP contribution in [0.15, 0.2) is 35.8 Å². The number of nitrogens with zero attached hydrogens (tertiary/aromatic N) is 2. The van der Waals surface area contributed by atoms with Crippen LogP contribution in [0.1, 0.15) is 5.69 Å². The first-order chi connectivity index (χ1) is 12.6. The van der Waals surface area contributed by atoms with Crippen molar-refractivity contribution in [3.05, 3.63) is 41.5 Å². The molecule has 2 aromatic heterocycles. The molecular formula is C18H21N3O4S. The summed E-state index contributed by atoms with van der Waals surface area (Å²) >= 11 is 1.51. The Balaban J connectivity index is 1.74. The molecule has 26 heavy (non-hydrogen) atoms. The van der Waals surface area contributed by atoms with Gasteiger partial charge in [-0.2, -0.15) is 0 Å². The Morgan fingerprint density at radius 3 is 2.85 bits per heavy atom. The second-order valence-electron chi connectivity index (χ2n) is 5.62. The second-order valence-corrected chi connectivity index (χ2v) is 6.46. The molecule has 0 aliphatic carbocycles. The Bertz CT molecular complexity index is 886. The first-order valence-corrected chi connectivity index (χ1v) is 8.94. The van der Waals surface area contributed by atoms with E-state index in [1.165, 1.54) is 25.6 Å². The van der Waals surface area contributed by atoms with Crippen molar-refractivity contribution in [1.82, 2.24) is 14.7 Å². The highest BCUT2D eigenvalue weighted by Gasteiger charge is 2.14. The van der Waals surface area contributed by atoms with Crippen LogP contribution < -0.4 is 10.1 Å². The molecule has 7 nitrogen and oxygen atoms in total. The van der Waals surface area contributed by atoms with Gasteiger partial charge in [-0.1, -0.05) is 12.1 Å². The fraction of sp³-hybridized carbons (Fsp3) is 0.333. The molecule has 3 aromatic rings. The molecule has 1 N–H and O–H groups in total. The van der Waals surface area contributed by atoms with E-state index in [4.69, 9.17) is 14.2 Å². The number of imidazole rings is 1. The summed E-state index contributed by atoms with van der Waals surface area (Å²) in [6.07, 6.45) is 1.75. The Morgan fingerprint density at radius 1 is 1.31 bits per heavy atom. The third-order valence-electron chi connectivity index (χ3n) is 3.98. The standard InChI is InChI=1S/C18H21N3O4S/c1-23-14-6-4-5-12(7-14)15-10-21-13(11-26-18(21)20-15)8-16(22)19-9-17(24-2)25-3/h4-7,10-11,17H,8-9H2,1-3H3,(H,19,22). The van der Waals surface area contributed by atoms with Crippen molar-refractivity contribution in [1.29, 1.82) is 0 Å². The zero-order valence-corrected chi connectivity index (χ0v) is 15.7. The van der Waals surface area contributed by atoms with E-state index in [1.807, 2.05) is 40.2 Å². The maximum Gasteiger partial charge on any atom is 0.226 e. The van der Waals surface area contributed by atoms with Gasteiger partial charge in [0, 0.05) is 37.1 Å². The van der Waals surface area contributed by atoms with Gasteiger partial charge in [0.15, 0.2) is 11.3 Å². The van der Waals surface area contributed by atoms with Crippen molar-refractivity contribution in [3.8, 4) is 17.0 Å². The quantitative estimate of drug-likeness (QED) is 0.612. The van der Waals surface area contributed by atoms with Gasteiger partial charge >= 0.3 is 0 Å². The first-order valence-electron chi connectivity index (χ1n) is 8.06. The van der Waals surface area contributed by atoms with Crippen molar-refractivity contribution in [2.24, 2.45) is 0 Å². The van der Waals surface area contributed by atoms with Crippen LogP contribution in [0, 0.1) is 0 Å². The molecular weight excluding hydrogens is 354 g/mol. The molecule has 3 rings (SSSR count). The predicted molar refractivity (Wildman–Crippen MR) is 99.6 cm³/mol. The molecule has 1 amide bonds. The number of thiazole rings is 1. The lowest BCUT2D eigenvalue weighted by Crippen LogP contribution is -2.35. The highest BCUT2D eigenvalue weighted by Crippen LogP contribution is 2.26. The Morgan fingerprint density at radius 2 is 2.12 bits per heavy atom. The molecule has 0 aliphatic heterocycles. The summed E-state index contributed by atoms with van der Waals surface area (Å²) in [5.74, 6) is 0.685. The summed E-state index contributed by atoms with van der Waals surface area (Å²) in [5, 5.41) is 4.75. The van der Waals surface area contributed by atoms with Crippen LogP contribution in [0.2, 0.25) is 0 Å². The molecule has 0 atom stereocenters. The number of nitrogens with one attached hydrogen (secondary N) is 1. The maximum atomic E-state index is 12.2. The minimum Gasteiger partial charge on any atom is -0.497 e. The molecule has 0 saturated heterocycles. The number of fused-ring (bicyclic) bond motifs is 1. The summed E-state index contributed by atoms with van der Waals surface area (Å²) in [6.45, 7) is 0.304. The van der Waals surface area contributed by atoms with Gasteiger partial charge in [-0.05, 0) is 12.1 Å². The number of hydrogen-bond acceptors (Lipinski definition) is 6. The molecule has 2 heterocycles. The number of carbonyl (C=O) groups is 1. The van der Waals surface area contributed by atoms with Gasteiger partial charge in [-0.15, -0.1) is 11.3 Å². The number of methoxy groups -OCH3 is 3. The Kier molecular flexibility index (Phi) is 5.87. The Hall–Kier alpha value is -2.42. The van der Waals surface area contributed by atoms with Gasteiger partial charge < -0.3 is 19.5 Å². The van der Waals surface area contributed by atoms with Crippen LogP contribution in [-0.2, 0) is 20.7 Å². The molecule has 0 spiro atoms. The SMILES string of the molecule is COc1cccc(-c2cn3c(CC(=O)NCC(OC)OC)csc3n2)c1. The van der Waals surface area contributed by atoms with E-state index in [9.17, 15) is 4.79 Å². The highest BCUT2D eigenvalue weighted by molar-refractivity contribution is 7.15. The van der Waals surface area contributed by atoms with Gasteiger partial charge in [0.25, 0.3) is 0 Å². The highest BCUT2D eigenvalue weighted by atomic mass is 32.1. The van der Waals surface area contributed by atoms with Crippen molar-refractivity contribution in [2.45, 2.75) is 12.7 Å². The molecule has 0 bridgehead atoms. The lowest BCUT2D eigenvalue weighted by molar-refractivity contribution is -0.126. The molecule has 0 radical (unpaired) electrons. The number of hydrogen-bond donors (Lipinski definition) is 1. The summed E-state index contributed by atoms with van der Waals surface area (Å²) in [4.78, 5) is 17.7. The first kappa shape index (κ1) is 18.4. The van der Waals surface area contributed by atoms with Gasteiger partial charge in [-0.25, -0.2) is 4.98 Å². The van der Waals surface area contributed by atoms with Crippen molar-refractivity contribution < 1.29 is 19.0 Å². The van der Waals surface area contributed by atoms with E-state index in [2.05, 4.69) is 10.3 Å². The van der Waals surface area contributed by atoms with E-state index < -0.39 is 6.29 Å². The average Bonchev–Trinajstić information content (AvgIpc) is 3.24. The number of carbonyl (C=O) groups excluding carboxylic acids is 1. The zero-order chi connectivity index (χ0) is 18.5. The third kappa shape index (κ3) is 4.04. The molecule has 0 saturated carbocycles. The van der Waals surface area contributed by atoms with Crippen LogP contribution in [0.25, 0.3) is 16.2 Å². The number of benzene rings is 1. The Labute approximate surface area is 155 Å². The number of rotatable bonds is 8. The zero-order valence-electron chi connectivity index (χ0n) is 14.9. The second kappa shape index (κ2) is 8.31. The maximum absolute atomic E-state index is 12.2. The van der Waals surface area contributed by atoms with Crippen LogP contribution in [0.3, 0.4) is 0 Å². The van der Waals surface area contributed by atoms with E-state index in [0.717, 1.165) is 27.7 Å². The van der Waals surface area contributed by atoms with E-state index >= 15 is 0 Å². The molecule has 138 valence electrons. The monoisotopic (exact) mass is 375 g/mol. The predicted octanol–water partition coefficient (Wildman–Crippen LogP) is 2.35. The normalized spacial score (nSPS) is 11.2. The van der Waals surface area contributed by atoms with Gasteiger partial charge in [0.2, 0.25) is 5.91 Å². The third-order valence-corrected chi connectivity index (χ3v) is 4.87. The van der Waals surface area contributed by atoms with Crippen molar-refractivity contribution >= 4 is 22.2 Å². The van der Waals surface area contributed by atoms with Crippen LogP contribution in [0.5, 0.6) is 5.75 Å². The lowest BCUT2D eigenvalue weighted by atomic mass is 10.1. The largest absolute Gasteiger partial charge is 0.497 e. The summed E-state index contributed by atoms with van der Waals surface area (Å²) < 4.78 is 17.3. The van der Waals surface area contributed by atoms with E-state index in [1.54, 1.807) is 7.11 Å². The molecule has 0 aliphatic rings. The number of ether oxygens (including phenoxy) is 3. The summed E-state index contributed by atoms with van der Waals surface area (Å²) in [6, 6.07) is 7.74. The van der Waals surface area contributed by atoms with Gasteiger partial charge in [0.1, 0.15) is 5.75 Å². The van der Waals surface area contributed by atoms with Gasteiger partial charge in [0.05, 0.1) is 25.8 Å². The van der Waals surface area contributed by atoms with E-state index in [-0.39, 0.29) is 12.3 Å². The summed E-state index contributed by atoms with van der Waals surface area (Å²) in [5.41, 5.74) is 2.70. The number of amides is 1. The summed E-state index contributed by atoms with van der Waals surface area (Å²) in [7, 11) is 4.71.